The molecule has 1 aromatic carbocycles. The van der Waals surface area contributed by atoms with Crippen molar-refractivity contribution >= 4 is 35.6 Å². The fraction of sp³-hybridized carbons (Fsp3) is 0.389. The largest absolute Gasteiger partial charge is 0.467 e. The Labute approximate surface area is 160 Å². The lowest BCUT2D eigenvalue weighted by atomic mass is 10.1. The molecule has 24 heavy (non-hydrogen) atoms. The Kier molecular flexibility index (Phi) is 7.42. The Morgan fingerprint density at radius 2 is 2.04 bits per heavy atom. The van der Waals surface area contributed by atoms with Crippen LogP contribution in [0.1, 0.15) is 12.2 Å². The van der Waals surface area contributed by atoms with E-state index in [0.29, 0.717) is 12.5 Å². The molecular weight excluding hydrogens is 415 g/mol. The average Bonchev–Trinajstić information content (AvgIpc) is 3.27. The molecular formula is C18H25IN4O. The molecule has 2 aromatic rings. The second-order valence-electron chi connectivity index (χ2n) is 5.82. The van der Waals surface area contributed by atoms with Gasteiger partial charge in [-0.3, -0.25) is 4.99 Å². The summed E-state index contributed by atoms with van der Waals surface area (Å²) in [7, 11) is 1.79. The molecule has 0 saturated carbocycles. The molecule has 1 fully saturated rings. The minimum absolute atomic E-state index is 0. The monoisotopic (exact) mass is 440 g/mol. The Hall–Kier alpha value is -1.70. The highest BCUT2D eigenvalue weighted by Crippen LogP contribution is 2.22. The lowest BCUT2D eigenvalue weighted by molar-refractivity contribution is 0.499. The molecule has 2 heterocycles. The number of benzene rings is 1. The summed E-state index contributed by atoms with van der Waals surface area (Å²) >= 11 is 0. The van der Waals surface area contributed by atoms with Crippen LogP contribution in [0.5, 0.6) is 0 Å². The van der Waals surface area contributed by atoms with Crippen molar-refractivity contribution in [3.63, 3.8) is 0 Å². The van der Waals surface area contributed by atoms with Crippen LogP contribution in [0.25, 0.3) is 0 Å². The lowest BCUT2D eigenvalue weighted by Gasteiger charge is -2.19. The summed E-state index contributed by atoms with van der Waals surface area (Å²) in [5.74, 6) is 2.36. The predicted molar refractivity (Wildman–Crippen MR) is 109 cm³/mol. The van der Waals surface area contributed by atoms with Gasteiger partial charge in [0.2, 0.25) is 0 Å². The van der Waals surface area contributed by atoms with Crippen molar-refractivity contribution in [2.45, 2.75) is 13.0 Å². The topological polar surface area (TPSA) is 52.8 Å². The summed E-state index contributed by atoms with van der Waals surface area (Å²) in [4.78, 5) is 6.71. The van der Waals surface area contributed by atoms with Crippen LogP contribution in [-0.2, 0) is 6.54 Å². The normalized spacial score (nSPS) is 17.5. The predicted octanol–water partition coefficient (Wildman–Crippen LogP) is 3.09. The van der Waals surface area contributed by atoms with Crippen LogP contribution in [-0.4, -0.2) is 32.6 Å². The first-order chi connectivity index (χ1) is 11.3. The fourth-order valence-corrected chi connectivity index (χ4v) is 2.92. The van der Waals surface area contributed by atoms with Crippen LogP contribution in [0.15, 0.2) is 58.1 Å². The van der Waals surface area contributed by atoms with Crippen LogP contribution in [0, 0.1) is 5.92 Å². The first kappa shape index (κ1) is 18.6. The third kappa shape index (κ3) is 5.15. The van der Waals surface area contributed by atoms with Crippen molar-refractivity contribution in [1.82, 2.24) is 10.6 Å². The zero-order chi connectivity index (χ0) is 15.9. The van der Waals surface area contributed by atoms with E-state index in [1.165, 1.54) is 12.1 Å². The van der Waals surface area contributed by atoms with Gasteiger partial charge in [0.25, 0.3) is 0 Å². The van der Waals surface area contributed by atoms with Crippen LogP contribution in [0.3, 0.4) is 0 Å². The van der Waals surface area contributed by atoms with Gasteiger partial charge in [0.1, 0.15) is 5.76 Å². The van der Waals surface area contributed by atoms with Gasteiger partial charge in [-0.05, 0) is 36.6 Å². The van der Waals surface area contributed by atoms with E-state index in [4.69, 9.17) is 4.42 Å². The maximum Gasteiger partial charge on any atom is 0.191 e. The number of furan rings is 1. The number of aliphatic imine (C=N–C) groups is 1. The zero-order valence-electron chi connectivity index (χ0n) is 13.9. The summed E-state index contributed by atoms with van der Waals surface area (Å²) in [6.07, 6.45) is 2.89. The van der Waals surface area contributed by atoms with E-state index >= 15 is 0 Å². The summed E-state index contributed by atoms with van der Waals surface area (Å²) in [6.45, 7) is 3.79. The minimum Gasteiger partial charge on any atom is -0.467 e. The van der Waals surface area contributed by atoms with E-state index in [-0.39, 0.29) is 24.0 Å². The number of nitrogens with one attached hydrogen (secondary N) is 2. The molecule has 0 bridgehead atoms. The van der Waals surface area contributed by atoms with Gasteiger partial charge in [-0.25, -0.2) is 0 Å². The van der Waals surface area contributed by atoms with Gasteiger partial charge in [0.05, 0.1) is 12.8 Å². The number of hydrogen-bond donors (Lipinski definition) is 2. The van der Waals surface area contributed by atoms with Crippen LogP contribution in [0.2, 0.25) is 0 Å². The molecule has 0 amide bonds. The summed E-state index contributed by atoms with van der Waals surface area (Å²) < 4.78 is 5.32. The molecule has 1 aromatic heterocycles. The minimum atomic E-state index is 0. The number of para-hydroxylation sites is 1. The molecule has 0 aliphatic carbocycles. The average molecular weight is 440 g/mol. The summed E-state index contributed by atoms with van der Waals surface area (Å²) in [5, 5.41) is 6.69. The molecule has 3 rings (SSSR count). The molecule has 1 atom stereocenters. The van der Waals surface area contributed by atoms with Gasteiger partial charge in [-0.1, -0.05) is 18.2 Å². The van der Waals surface area contributed by atoms with Crippen molar-refractivity contribution in [3.8, 4) is 0 Å². The third-order valence-corrected chi connectivity index (χ3v) is 4.20. The maximum atomic E-state index is 5.32. The summed E-state index contributed by atoms with van der Waals surface area (Å²) in [6, 6.07) is 14.5. The Morgan fingerprint density at radius 1 is 1.21 bits per heavy atom. The van der Waals surface area contributed by atoms with E-state index < -0.39 is 0 Å². The summed E-state index contributed by atoms with van der Waals surface area (Å²) in [5.41, 5.74) is 1.32. The van der Waals surface area contributed by atoms with Gasteiger partial charge in [-0.2, -0.15) is 0 Å². The smallest absolute Gasteiger partial charge is 0.191 e. The first-order valence-electron chi connectivity index (χ1n) is 8.12. The van der Waals surface area contributed by atoms with E-state index in [1.807, 2.05) is 12.1 Å². The molecule has 5 nitrogen and oxygen atoms in total. The first-order valence-corrected chi connectivity index (χ1v) is 8.12. The van der Waals surface area contributed by atoms with E-state index in [9.17, 15) is 0 Å². The second kappa shape index (κ2) is 9.56. The second-order valence-corrected chi connectivity index (χ2v) is 5.82. The molecule has 0 spiro atoms. The lowest BCUT2D eigenvalue weighted by Crippen LogP contribution is -2.39. The third-order valence-electron chi connectivity index (χ3n) is 4.20. The molecule has 1 saturated heterocycles. The highest BCUT2D eigenvalue weighted by molar-refractivity contribution is 14.0. The van der Waals surface area contributed by atoms with Gasteiger partial charge < -0.3 is 20.0 Å². The van der Waals surface area contributed by atoms with E-state index in [1.54, 1.807) is 13.3 Å². The molecule has 130 valence electrons. The fourth-order valence-electron chi connectivity index (χ4n) is 2.92. The van der Waals surface area contributed by atoms with E-state index in [0.717, 1.165) is 31.4 Å². The molecule has 1 aliphatic rings. The number of guanidine groups is 1. The van der Waals surface area contributed by atoms with Gasteiger partial charge in [0, 0.05) is 32.4 Å². The molecule has 0 radical (unpaired) electrons. The molecule has 1 unspecified atom stereocenters. The zero-order valence-corrected chi connectivity index (χ0v) is 16.3. The van der Waals surface area contributed by atoms with Crippen molar-refractivity contribution in [3.05, 3.63) is 54.5 Å². The number of rotatable bonds is 5. The highest BCUT2D eigenvalue weighted by atomic mass is 127. The Bertz CT molecular complexity index is 615. The highest BCUT2D eigenvalue weighted by Gasteiger charge is 2.22. The SMILES string of the molecule is CN=C(NCc1ccco1)NCC1CCN(c2ccccc2)C1.I. The van der Waals surface area contributed by atoms with Crippen molar-refractivity contribution in [2.24, 2.45) is 10.9 Å². The quantitative estimate of drug-likeness (QED) is 0.427. The number of anilines is 1. The van der Waals surface area contributed by atoms with Gasteiger partial charge in [-0.15, -0.1) is 24.0 Å². The van der Waals surface area contributed by atoms with E-state index in [2.05, 4.69) is 50.9 Å². The van der Waals surface area contributed by atoms with Crippen LogP contribution in [0.4, 0.5) is 5.69 Å². The van der Waals surface area contributed by atoms with Gasteiger partial charge in [0.15, 0.2) is 5.96 Å². The Balaban J connectivity index is 0.00000208. The van der Waals surface area contributed by atoms with Gasteiger partial charge >= 0.3 is 0 Å². The van der Waals surface area contributed by atoms with Crippen LogP contribution >= 0.6 is 24.0 Å². The number of nitrogens with zero attached hydrogens (tertiary/aromatic N) is 2. The van der Waals surface area contributed by atoms with Crippen molar-refractivity contribution in [1.29, 1.82) is 0 Å². The Morgan fingerprint density at radius 3 is 2.75 bits per heavy atom. The number of hydrogen-bond acceptors (Lipinski definition) is 3. The number of halogens is 1. The molecule has 2 N–H and O–H groups in total. The van der Waals surface area contributed by atoms with Crippen LogP contribution < -0.4 is 15.5 Å². The van der Waals surface area contributed by atoms with Crippen molar-refractivity contribution < 1.29 is 4.42 Å². The molecule has 1 aliphatic heterocycles. The van der Waals surface area contributed by atoms with Crippen molar-refractivity contribution in [2.75, 3.05) is 31.6 Å². The maximum absolute atomic E-state index is 5.32. The standard InChI is InChI=1S/C18H24N4O.HI/c1-19-18(21-13-17-8-5-11-23-17)20-12-15-9-10-22(14-15)16-6-3-2-4-7-16;/h2-8,11,15H,9-10,12-14H2,1H3,(H2,19,20,21);1H. The molecule has 6 heteroatoms.